The SMILES string of the molecule is COC(=O)CN(C)[C@H](C)c1cc2ccccc2o1. The first-order valence-electron chi connectivity index (χ1n) is 5.87. The Balaban J connectivity index is 2.17. The number of carbonyl (C=O) groups is 1. The van der Waals surface area contributed by atoms with Crippen LogP contribution in [0.4, 0.5) is 0 Å². The van der Waals surface area contributed by atoms with Gasteiger partial charge in [0, 0.05) is 5.39 Å². The molecular weight excluding hydrogens is 230 g/mol. The number of rotatable bonds is 4. The first-order valence-corrected chi connectivity index (χ1v) is 5.87. The van der Waals surface area contributed by atoms with E-state index in [2.05, 4.69) is 4.74 Å². The number of carbonyl (C=O) groups excluding carboxylic acids is 1. The summed E-state index contributed by atoms with van der Waals surface area (Å²) in [4.78, 5) is 13.1. The topological polar surface area (TPSA) is 42.7 Å². The Morgan fingerprint density at radius 2 is 2.17 bits per heavy atom. The normalized spacial score (nSPS) is 12.9. The lowest BCUT2D eigenvalue weighted by Gasteiger charge is -2.21. The molecule has 0 unspecified atom stereocenters. The summed E-state index contributed by atoms with van der Waals surface area (Å²) in [6.07, 6.45) is 0. The smallest absolute Gasteiger partial charge is 0.319 e. The lowest BCUT2D eigenvalue weighted by Crippen LogP contribution is -2.29. The Labute approximate surface area is 106 Å². The largest absolute Gasteiger partial charge is 0.468 e. The average Bonchev–Trinajstić information content (AvgIpc) is 2.81. The molecule has 0 aliphatic carbocycles. The van der Waals surface area contributed by atoms with Gasteiger partial charge in [-0.15, -0.1) is 0 Å². The van der Waals surface area contributed by atoms with Crippen LogP contribution in [0.3, 0.4) is 0 Å². The number of fused-ring (bicyclic) bond motifs is 1. The molecule has 0 aliphatic rings. The maximum Gasteiger partial charge on any atom is 0.319 e. The monoisotopic (exact) mass is 247 g/mol. The van der Waals surface area contributed by atoms with Gasteiger partial charge in [-0.2, -0.15) is 0 Å². The minimum Gasteiger partial charge on any atom is -0.468 e. The van der Waals surface area contributed by atoms with Crippen LogP contribution in [0.5, 0.6) is 0 Å². The summed E-state index contributed by atoms with van der Waals surface area (Å²) in [6.45, 7) is 2.25. The molecule has 0 radical (unpaired) electrons. The van der Waals surface area contributed by atoms with E-state index in [4.69, 9.17) is 4.42 Å². The van der Waals surface area contributed by atoms with Crippen LogP contribution in [0.2, 0.25) is 0 Å². The molecule has 0 amide bonds. The summed E-state index contributed by atoms with van der Waals surface area (Å²) in [5.74, 6) is 0.600. The lowest BCUT2D eigenvalue weighted by atomic mass is 10.2. The standard InChI is InChI=1S/C14H17NO3/c1-10(15(2)9-14(16)17-3)13-8-11-6-4-5-7-12(11)18-13/h4-8,10H,9H2,1-3H3/t10-/m1/s1. The minimum absolute atomic E-state index is 0.0245. The fraction of sp³-hybridized carbons (Fsp3) is 0.357. The van der Waals surface area contributed by atoms with Crippen molar-refractivity contribution in [3.8, 4) is 0 Å². The molecule has 1 atom stereocenters. The maximum atomic E-state index is 11.2. The average molecular weight is 247 g/mol. The highest BCUT2D eigenvalue weighted by molar-refractivity contribution is 5.77. The van der Waals surface area contributed by atoms with E-state index in [-0.39, 0.29) is 18.6 Å². The molecule has 0 fully saturated rings. The van der Waals surface area contributed by atoms with Gasteiger partial charge in [0.1, 0.15) is 11.3 Å². The Bertz CT molecular complexity index is 514. The number of hydrogen-bond donors (Lipinski definition) is 0. The molecule has 2 aromatic rings. The molecule has 0 saturated carbocycles. The van der Waals surface area contributed by atoms with Crippen molar-refractivity contribution in [1.29, 1.82) is 0 Å². The molecule has 4 nitrogen and oxygen atoms in total. The molecule has 0 spiro atoms. The van der Waals surface area contributed by atoms with Gasteiger partial charge in [-0.1, -0.05) is 18.2 Å². The fourth-order valence-corrected chi connectivity index (χ4v) is 1.83. The molecule has 4 heteroatoms. The van der Waals surface area contributed by atoms with Crippen LogP contribution in [0, 0.1) is 0 Å². The van der Waals surface area contributed by atoms with Gasteiger partial charge in [-0.25, -0.2) is 0 Å². The van der Waals surface area contributed by atoms with Crippen molar-refractivity contribution in [2.75, 3.05) is 20.7 Å². The quantitative estimate of drug-likeness (QED) is 0.779. The van der Waals surface area contributed by atoms with E-state index < -0.39 is 0 Å². The third kappa shape index (κ3) is 2.54. The predicted molar refractivity (Wildman–Crippen MR) is 69.3 cm³/mol. The Hall–Kier alpha value is -1.81. The number of esters is 1. The van der Waals surface area contributed by atoms with Crippen molar-refractivity contribution in [1.82, 2.24) is 4.90 Å². The number of ether oxygens (including phenoxy) is 1. The van der Waals surface area contributed by atoms with Gasteiger partial charge >= 0.3 is 5.97 Å². The molecule has 0 bridgehead atoms. The summed E-state index contributed by atoms with van der Waals surface area (Å²) in [5.41, 5.74) is 0.866. The highest BCUT2D eigenvalue weighted by Gasteiger charge is 2.18. The molecule has 1 aromatic heterocycles. The van der Waals surface area contributed by atoms with E-state index in [0.29, 0.717) is 0 Å². The summed E-state index contributed by atoms with van der Waals surface area (Å²) in [7, 11) is 3.26. The van der Waals surface area contributed by atoms with Gasteiger partial charge in [0.2, 0.25) is 0 Å². The van der Waals surface area contributed by atoms with Crippen LogP contribution >= 0.6 is 0 Å². The van der Waals surface area contributed by atoms with Crippen LogP contribution in [-0.4, -0.2) is 31.6 Å². The van der Waals surface area contributed by atoms with Gasteiger partial charge in [-0.3, -0.25) is 9.69 Å². The highest BCUT2D eigenvalue weighted by atomic mass is 16.5. The second-order valence-corrected chi connectivity index (χ2v) is 4.35. The third-order valence-electron chi connectivity index (χ3n) is 3.12. The molecule has 1 aromatic carbocycles. The first kappa shape index (κ1) is 12.6. The fourth-order valence-electron chi connectivity index (χ4n) is 1.83. The first-order chi connectivity index (χ1) is 8.61. The second kappa shape index (κ2) is 5.23. The number of hydrogen-bond acceptors (Lipinski definition) is 4. The summed E-state index contributed by atoms with van der Waals surface area (Å²) in [5, 5.41) is 1.07. The Morgan fingerprint density at radius 3 is 2.83 bits per heavy atom. The Kier molecular flexibility index (Phi) is 3.67. The summed E-state index contributed by atoms with van der Waals surface area (Å²) >= 11 is 0. The van der Waals surface area contributed by atoms with Crippen molar-refractivity contribution in [2.24, 2.45) is 0 Å². The maximum absolute atomic E-state index is 11.2. The van der Waals surface area contributed by atoms with E-state index >= 15 is 0 Å². The molecular formula is C14H17NO3. The van der Waals surface area contributed by atoms with Gasteiger partial charge in [-0.05, 0) is 26.1 Å². The molecule has 0 saturated heterocycles. The number of methoxy groups -OCH3 is 1. The van der Waals surface area contributed by atoms with Crippen molar-refractivity contribution in [2.45, 2.75) is 13.0 Å². The number of furan rings is 1. The summed E-state index contributed by atoms with van der Waals surface area (Å²) in [6, 6.07) is 9.90. The minimum atomic E-state index is -0.250. The zero-order valence-electron chi connectivity index (χ0n) is 10.8. The highest BCUT2D eigenvalue weighted by Crippen LogP contribution is 2.26. The van der Waals surface area contributed by atoms with Gasteiger partial charge in [0.05, 0.1) is 19.7 Å². The number of nitrogens with zero attached hydrogens (tertiary/aromatic N) is 1. The molecule has 1 heterocycles. The zero-order valence-corrected chi connectivity index (χ0v) is 10.8. The molecule has 96 valence electrons. The molecule has 0 N–H and O–H groups in total. The number of benzene rings is 1. The van der Waals surface area contributed by atoms with Crippen molar-refractivity contribution >= 4 is 16.9 Å². The van der Waals surface area contributed by atoms with Crippen molar-refractivity contribution in [3.63, 3.8) is 0 Å². The van der Waals surface area contributed by atoms with E-state index in [0.717, 1.165) is 16.7 Å². The lowest BCUT2D eigenvalue weighted by molar-refractivity contribution is -0.142. The van der Waals surface area contributed by atoms with Crippen LogP contribution in [-0.2, 0) is 9.53 Å². The number of likely N-dealkylation sites (N-methyl/N-ethyl adjacent to an activating group) is 1. The molecule has 0 aliphatic heterocycles. The Morgan fingerprint density at radius 1 is 1.44 bits per heavy atom. The van der Waals surface area contributed by atoms with E-state index in [1.54, 1.807) is 0 Å². The predicted octanol–water partition coefficient (Wildman–Crippen LogP) is 2.60. The van der Waals surface area contributed by atoms with Crippen molar-refractivity contribution in [3.05, 3.63) is 36.1 Å². The van der Waals surface area contributed by atoms with E-state index in [9.17, 15) is 4.79 Å². The zero-order chi connectivity index (χ0) is 13.1. The van der Waals surface area contributed by atoms with Crippen LogP contribution in [0.15, 0.2) is 34.7 Å². The van der Waals surface area contributed by atoms with Gasteiger partial charge in [0.25, 0.3) is 0 Å². The second-order valence-electron chi connectivity index (χ2n) is 4.35. The summed E-state index contributed by atoms with van der Waals surface area (Å²) < 4.78 is 10.4. The molecule has 2 rings (SSSR count). The van der Waals surface area contributed by atoms with Crippen LogP contribution in [0.25, 0.3) is 11.0 Å². The van der Waals surface area contributed by atoms with Crippen molar-refractivity contribution < 1.29 is 13.9 Å². The van der Waals surface area contributed by atoms with Gasteiger partial charge < -0.3 is 9.15 Å². The van der Waals surface area contributed by atoms with Gasteiger partial charge in [0.15, 0.2) is 0 Å². The third-order valence-corrected chi connectivity index (χ3v) is 3.12. The molecule has 18 heavy (non-hydrogen) atoms. The van der Waals surface area contributed by atoms with Crippen LogP contribution in [0.1, 0.15) is 18.7 Å². The van der Waals surface area contributed by atoms with E-state index in [1.807, 2.05) is 49.2 Å². The van der Waals surface area contributed by atoms with Crippen LogP contribution < -0.4 is 0 Å². The van der Waals surface area contributed by atoms with E-state index in [1.165, 1.54) is 7.11 Å². The number of para-hydroxylation sites is 1.